The molecule has 2 rings (SSSR count). The van der Waals surface area contributed by atoms with Gasteiger partial charge in [0.1, 0.15) is 0 Å². The van der Waals surface area contributed by atoms with Gasteiger partial charge in [-0.05, 0) is 34.7 Å². The topological polar surface area (TPSA) is 0 Å². The molecule has 16 heavy (non-hydrogen) atoms. The van der Waals surface area contributed by atoms with Crippen LogP contribution in [0.25, 0.3) is 10.8 Å². The van der Waals surface area contributed by atoms with Crippen LogP contribution in [0.3, 0.4) is 0 Å². The van der Waals surface area contributed by atoms with Gasteiger partial charge in [0.25, 0.3) is 0 Å². The van der Waals surface area contributed by atoms with Crippen LogP contribution in [-0.2, 0) is 0 Å². The van der Waals surface area contributed by atoms with Crippen LogP contribution in [0, 0.1) is 36.5 Å². The summed E-state index contributed by atoms with van der Waals surface area (Å²) in [7, 11) is 0. The van der Waals surface area contributed by atoms with E-state index in [9.17, 15) is 0 Å². The predicted octanol–water partition coefficient (Wildman–Crippen LogP) is 2.81. The Labute approximate surface area is 95.3 Å². The lowest BCUT2D eigenvalue weighted by atomic mass is 10.0. The molecule has 0 heterocycles. The van der Waals surface area contributed by atoms with Crippen molar-refractivity contribution in [2.45, 2.75) is 0 Å². The standard InChI is InChI=1S/C16H8/c1-3-5-8-14-12-11-13(4-2)15-9-6-7-10-16(14)15/h1-2,6-7,9-12H. The fourth-order valence-electron chi connectivity index (χ4n) is 1.64. The number of terminal acetylenes is 2. The second kappa shape index (κ2) is 4.27. The minimum Gasteiger partial charge on any atom is -0.115 e. The van der Waals surface area contributed by atoms with Gasteiger partial charge in [-0.1, -0.05) is 36.1 Å². The van der Waals surface area contributed by atoms with E-state index < -0.39 is 0 Å². The van der Waals surface area contributed by atoms with Gasteiger partial charge in [-0.3, -0.25) is 0 Å². The third kappa shape index (κ3) is 1.64. The van der Waals surface area contributed by atoms with Gasteiger partial charge in [0.15, 0.2) is 0 Å². The summed E-state index contributed by atoms with van der Waals surface area (Å²) in [4.78, 5) is 0. The fraction of sp³-hybridized carbons (Fsp3) is 0. The lowest BCUT2D eigenvalue weighted by Gasteiger charge is -2.02. The first-order chi connectivity index (χ1) is 7.86. The number of hydrogen-bond acceptors (Lipinski definition) is 0. The molecule has 0 amide bonds. The van der Waals surface area contributed by atoms with Crippen LogP contribution >= 0.6 is 0 Å². The smallest absolute Gasteiger partial charge is 0.0334 e. The maximum atomic E-state index is 5.45. The van der Waals surface area contributed by atoms with Gasteiger partial charge < -0.3 is 0 Å². The van der Waals surface area contributed by atoms with Crippen molar-refractivity contribution in [1.29, 1.82) is 0 Å². The number of fused-ring (bicyclic) bond motifs is 1. The number of hydrogen-bond donors (Lipinski definition) is 0. The van der Waals surface area contributed by atoms with E-state index in [1.807, 2.05) is 36.4 Å². The molecule has 0 N–H and O–H groups in total. The zero-order valence-corrected chi connectivity index (χ0v) is 8.62. The molecule has 0 spiro atoms. The molecule has 0 atom stereocenters. The molecule has 0 radical (unpaired) electrons. The van der Waals surface area contributed by atoms with Crippen LogP contribution in [0.4, 0.5) is 0 Å². The van der Waals surface area contributed by atoms with Crippen LogP contribution in [0.15, 0.2) is 36.4 Å². The molecule has 0 nitrogen and oxygen atoms in total. The van der Waals surface area contributed by atoms with Gasteiger partial charge in [-0.15, -0.1) is 12.8 Å². The van der Waals surface area contributed by atoms with E-state index in [4.69, 9.17) is 12.8 Å². The Morgan fingerprint density at radius 2 is 1.44 bits per heavy atom. The van der Waals surface area contributed by atoms with E-state index in [1.165, 1.54) is 0 Å². The van der Waals surface area contributed by atoms with E-state index in [1.54, 1.807) is 0 Å². The summed E-state index contributed by atoms with van der Waals surface area (Å²) in [6.45, 7) is 0. The van der Waals surface area contributed by atoms with Gasteiger partial charge >= 0.3 is 0 Å². The van der Waals surface area contributed by atoms with Crippen LogP contribution in [-0.4, -0.2) is 0 Å². The van der Waals surface area contributed by atoms with E-state index >= 15 is 0 Å². The van der Waals surface area contributed by atoms with E-state index in [2.05, 4.69) is 23.7 Å². The van der Waals surface area contributed by atoms with Crippen molar-refractivity contribution in [3.63, 3.8) is 0 Å². The Morgan fingerprint density at radius 1 is 0.812 bits per heavy atom. The van der Waals surface area contributed by atoms with Gasteiger partial charge in [0.05, 0.1) is 0 Å². The first-order valence-corrected chi connectivity index (χ1v) is 4.82. The largest absolute Gasteiger partial charge is 0.115 e. The van der Waals surface area contributed by atoms with Crippen molar-refractivity contribution >= 4 is 10.8 Å². The van der Waals surface area contributed by atoms with E-state index in [-0.39, 0.29) is 0 Å². The SMILES string of the molecule is C#CC#Cc1ccc(C#C)c2ccccc12. The maximum absolute atomic E-state index is 5.45. The molecule has 0 saturated heterocycles. The Balaban J connectivity index is 2.82. The lowest BCUT2D eigenvalue weighted by Crippen LogP contribution is -1.84. The highest BCUT2D eigenvalue weighted by Crippen LogP contribution is 2.21. The molecule has 0 aliphatic carbocycles. The highest BCUT2D eigenvalue weighted by molar-refractivity contribution is 5.92. The maximum Gasteiger partial charge on any atom is 0.0334 e. The molecule has 0 heteroatoms. The fourth-order valence-corrected chi connectivity index (χ4v) is 1.64. The normalized spacial score (nSPS) is 8.62. The molecule has 0 aliphatic rings. The monoisotopic (exact) mass is 200 g/mol. The summed E-state index contributed by atoms with van der Waals surface area (Å²) in [6, 6.07) is 11.7. The molecule has 0 fully saturated rings. The Bertz CT molecular complexity index is 680. The summed E-state index contributed by atoms with van der Waals surface area (Å²) in [5.41, 5.74) is 1.79. The van der Waals surface area contributed by atoms with Crippen molar-refractivity contribution < 1.29 is 0 Å². The average Bonchev–Trinajstić information content (AvgIpc) is 2.36. The van der Waals surface area contributed by atoms with Gasteiger partial charge in [-0.25, -0.2) is 0 Å². The second-order valence-corrected chi connectivity index (χ2v) is 3.24. The van der Waals surface area contributed by atoms with Crippen LogP contribution in [0.5, 0.6) is 0 Å². The Kier molecular flexibility index (Phi) is 2.65. The van der Waals surface area contributed by atoms with Crippen LogP contribution < -0.4 is 0 Å². The Hall–Kier alpha value is -2.62. The molecule has 2 aromatic rings. The number of benzene rings is 2. The first kappa shape index (κ1) is 9.92. The molecule has 0 aromatic heterocycles. The molecule has 2 aromatic carbocycles. The van der Waals surface area contributed by atoms with Gasteiger partial charge in [0.2, 0.25) is 0 Å². The summed E-state index contributed by atoms with van der Waals surface area (Å²) in [6.07, 6.45) is 10.6. The molecule has 0 saturated carbocycles. The van der Waals surface area contributed by atoms with Crippen LogP contribution in [0.2, 0.25) is 0 Å². The minimum atomic E-state index is 0.877. The summed E-state index contributed by atoms with van der Waals surface area (Å²) >= 11 is 0. The van der Waals surface area contributed by atoms with Crippen molar-refractivity contribution in [1.82, 2.24) is 0 Å². The summed E-state index contributed by atoms with van der Waals surface area (Å²) in [5.74, 6) is 10.5. The zero-order valence-electron chi connectivity index (χ0n) is 8.62. The molecule has 72 valence electrons. The lowest BCUT2D eigenvalue weighted by molar-refractivity contribution is 1.67. The predicted molar refractivity (Wildman–Crippen MR) is 67.6 cm³/mol. The third-order valence-electron chi connectivity index (χ3n) is 2.35. The van der Waals surface area contributed by atoms with Gasteiger partial charge in [0, 0.05) is 11.1 Å². The first-order valence-electron chi connectivity index (χ1n) is 4.82. The molecule has 0 aliphatic heterocycles. The van der Waals surface area contributed by atoms with Crippen molar-refractivity contribution in [2.24, 2.45) is 0 Å². The molecular weight excluding hydrogens is 192 g/mol. The average molecular weight is 200 g/mol. The molecular formula is C16H8. The second-order valence-electron chi connectivity index (χ2n) is 3.24. The van der Waals surface area contributed by atoms with Crippen LogP contribution in [0.1, 0.15) is 11.1 Å². The summed E-state index contributed by atoms with van der Waals surface area (Å²) < 4.78 is 0. The summed E-state index contributed by atoms with van der Waals surface area (Å²) in [5, 5.41) is 2.08. The molecule has 0 bridgehead atoms. The minimum absolute atomic E-state index is 0.877. The quantitative estimate of drug-likeness (QED) is 0.574. The molecule has 0 unspecified atom stereocenters. The zero-order chi connectivity index (χ0) is 11.4. The Morgan fingerprint density at radius 3 is 2.06 bits per heavy atom. The van der Waals surface area contributed by atoms with Gasteiger partial charge in [-0.2, -0.15) is 0 Å². The van der Waals surface area contributed by atoms with E-state index in [0.29, 0.717) is 0 Å². The van der Waals surface area contributed by atoms with Crippen molar-refractivity contribution in [3.8, 4) is 36.5 Å². The van der Waals surface area contributed by atoms with Crippen molar-refractivity contribution in [3.05, 3.63) is 47.5 Å². The van der Waals surface area contributed by atoms with E-state index in [0.717, 1.165) is 21.9 Å². The third-order valence-corrected chi connectivity index (χ3v) is 2.35. The highest BCUT2D eigenvalue weighted by atomic mass is 14.0. The van der Waals surface area contributed by atoms with Crippen molar-refractivity contribution in [2.75, 3.05) is 0 Å². The highest BCUT2D eigenvalue weighted by Gasteiger charge is 2.01. The number of rotatable bonds is 0.